The highest BCUT2D eigenvalue weighted by molar-refractivity contribution is 6.31. The summed E-state index contributed by atoms with van der Waals surface area (Å²) in [5.41, 5.74) is 1.46. The number of carbonyl (C=O) groups is 3. The van der Waals surface area contributed by atoms with Gasteiger partial charge in [0.05, 0.1) is 17.5 Å². The highest BCUT2D eigenvalue weighted by atomic mass is 35.5. The summed E-state index contributed by atoms with van der Waals surface area (Å²) in [7, 11) is 0. The van der Waals surface area contributed by atoms with Crippen molar-refractivity contribution in [3.63, 3.8) is 0 Å². The van der Waals surface area contributed by atoms with Crippen LogP contribution in [0.2, 0.25) is 5.02 Å². The number of anilines is 2. The van der Waals surface area contributed by atoms with Gasteiger partial charge < -0.3 is 4.90 Å². The maximum atomic E-state index is 13.9. The molecule has 2 saturated heterocycles. The highest BCUT2D eigenvalue weighted by Crippen LogP contribution is 2.55. The fraction of sp³-hybridized carbons (Fsp3) is 0.292. The number of benzene rings is 2. The number of nitrogens with one attached hydrogen (secondary N) is 1. The second-order valence-electron chi connectivity index (χ2n) is 8.60. The molecule has 1 N–H and O–H groups in total. The van der Waals surface area contributed by atoms with Gasteiger partial charge in [0.25, 0.3) is 5.91 Å². The minimum atomic E-state index is -1.28. The first-order valence-corrected chi connectivity index (χ1v) is 10.6. The topological polar surface area (TPSA) is 69.7 Å². The van der Waals surface area contributed by atoms with Crippen molar-refractivity contribution in [1.29, 1.82) is 0 Å². The fourth-order valence-corrected chi connectivity index (χ4v) is 5.59. The van der Waals surface area contributed by atoms with Crippen LogP contribution in [0.3, 0.4) is 0 Å². The Hall–Kier alpha value is -2.96. The van der Waals surface area contributed by atoms with Crippen molar-refractivity contribution in [1.82, 2.24) is 5.32 Å². The van der Waals surface area contributed by atoms with Crippen LogP contribution in [0.4, 0.5) is 11.4 Å². The third-order valence-electron chi connectivity index (χ3n) is 6.51. The first kappa shape index (κ1) is 20.0. The number of rotatable bonds is 3. The summed E-state index contributed by atoms with van der Waals surface area (Å²) >= 11 is 6.12. The zero-order valence-corrected chi connectivity index (χ0v) is 18.0. The quantitative estimate of drug-likeness (QED) is 0.593. The molecule has 2 aromatic carbocycles. The minimum absolute atomic E-state index is 0.217. The second kappa shape index (κ2) is 6.77. The normalized spacial score (nSPS) is 29.1. The lowest BCUT2D eigenvalue weighted by molar-refractivity contribution is -0.132. The predicted octanol–water partition coefficient (Wildman–Crippen LogP) is 3.26. The summed E-state index contributed by atoms with van der Waals surface area (Å²) in [5.74, 6) is -2.39. The maximum Gasteiger partial charge on any atom is 0.253 e. The largest absolute Gasteiger partial charge is 0.306 e. The SMILES string of the molecule is C=C(C)CN1C(=O)[C@]2(N[C@H](C)[C@@H]3C(=O)N(c4cccc(Cl)c4)C(=O)[C@@H]32)c2ccccc21. The van der Waals surface area contributed by atoms with Crippen molar-refractivity contribution < 1.29 is 14.4 Å². The summed E-state index contributed by atoms with van der Waals surface area (Å²) in [6.07, 6.45) is 0. The standard InChI is InChI=1S/C24H22ClN3O3/c1-13(2)12-27-18-10-5-4-9-17(18)24(23(27)31)20-19(14(3)26-24)21(29)28(22(20)30)16-8-6-7-15(25)11-16/h4-11,14,19-20,26H,1,12H2,2-3H3/t14-,19+,20-,24+/m1/s1. The molecule has 2 fully saturated rings. The molecule has 4 atom stereocenters. The molecule has 7 heteroatoms. The molecule has 3 amide bonds. The zero-order valence-electron chi connectivity index (χ0n) is 17.3. The number of carbonyl (C=O) groups excluding carboxylic acids is 3. The van der Waals surface area contributed by atoms with E-state index in [0.29, 0.717) is 17.3 Å². The Bertz CT molecular complexity index is 1160. The van der Waals surface area contributed by atoms with E-state index in [1.807, 2.05) is 38.1 Å². The van der Waals surface area contributed by atoms with Gasteiger partial charge in [-0.15, -0.1) is 0 Å². The van der Waals surface area contributed by atoms with Gasteiger partial charge in [0.2, 0.25) is 11.8 Å². The van der Waals surface area contributed by atoms with Crippen LogP contribution in [-0.2, 0) is 19.9 Å². The van der Waals surface area contributed by atoms with Gasteiger partial charge in [0, 0.05) is 28.9 Å². The van der Waals surface area contributed by atoms with Crippen LogP contribution in [0.5, 0.6) is 0 Å². The number of fused-ring (bicyclic) bond motifs is 4. The summed E-state index contributed by atoms with van der Waals surface area (Å²) in [4.78, 5) is 43.9. The molecule has 31 heavy (non-hydrogen) atoms. The van der Waals surface area contributed by atoms with Gasteiger partial charge in [-0.3, -0.25) is 19.7 Å². The van der Waals surface area contributed by atoms with E-state index in [9.17, 15) is 14.4 Å². The molecule has 0 radical (unpaired) electrons. The van der Waals surface area contributed by atoms with Crippen molar-refractivity contribution in [3.8, 4) is 0 Å². The monoisotopic (exact) mass is 435 g/mol. The smallest absolute Gasteiger partial charge is 0.253 e. The molecule has 3 heterocycles. The molecule has 3 aliphatic heterocycles. The van der Waals surface area contributed by atoms with Gasteiger partial charge in [0.15, 0.2) is 0 Å². The lowest BCUT2D eigenvalue weighted by atomic mass is 9.76. The Morgan fingerprint density at radius 3 is 2.58 bits per heavy atom. The molecule has 0 aromatic heterocycles. The van der Waals surface area contributed by atoms with Crippen molar-refractivity contribution in [2.45, 2.75) is 25.4 Å². The summed E-state index contributed by atoms with van der Waals surface area (Å²) in [5, 5.41) is 3.81. The van der Waals surface area contributed by atoms with Gasteiger partial charge >= 0.3 is 0 Å². The predicted molar refractivity (Wildman–Crippen MR) is 119 cm³/mol. The van der Waals surface area contributed by atoms with E-state index in [1.165, 1.54) is 4.90 Å². The Balaban J connectivity index is 1.67. The first-order chi connectivity index (χ1) is 14.8. The molecule has 5 rings (SSSR count). The number of nitrogens with zero attached hydrogens (tertiary/aromatic N) is 2. The molecule has 3 aliphatic rings. The number of hydrogen-bond donors (Lipinski definition) is 1. The summed E-state index contributed by atoms with van der Waals surface area (Å²) in [6, 6.07) is 13.8. The average molecular weight is 436 g/mol. The van der Waals surface area contributed by atoms with Crippen LogP contribution in [-0.4, -0.2) is 30.3 Å². The van der Waals surface area contributed by atoms with Crippen LogP contribution < -0.4 is 15.1 Å². The van der Waals surface area contributed by atoms with E-state index < -0.39 is 17.4 Å². The number of para-hydroxylation sites is 1. The van der Waals surface area contributed by atoms with E-state index in [-0.39, 0.29) is 23.8 Å². The number of halogens is 1. The van der Waals surface area contributed by atoms with Crippen LogP contribution in [0.1, 0.15) is 19.4 Å². The lowest BCUT2D eigenvalue weighted by Crippen LogP contribution is -2.55. The van der Waals surface area contributed by atoms with Crippen molar-refractivity contribution in [2.75, 3.05) is 16.3 Å². The molecule has 0 saturated carbocycles. The van der Waals surface area contributed by atoms with E-state index in [2.05, 4.69) is 11.9 Å². The van der Waals surface area contributed by atoms with Gasteiger partial charge in [-0.2, -0.15) is 0 Å². The Morgan fingerprint density at radius 1 is 1.13 bits per heavy atom. The Kier molecular flexibility index (Phi) is 4.36. The molecule has 158 valence electrons. The van der Waals surface area contributed by atoms with E-state index >= 15 is 0 Å². The molecular formula is C24H22ClN3O3. The number of imide groups is 1. The molecular weight excluding hydrogens is 414 g/mol. The van der Waals surface area contributed by atoms with E-state index in [1.54, 1.807) is 29.2 Å². The van der Waals surface area contributed by atoms with Gasteiger partial charge in [-0.05, 0) is 38.1 Å². The van der Waals surface area contributed by atoms with Gasteiger partial charge in [-0.1, -0.05) is 48.0 Å². The van der Waals surface area contributed by atoms with E-state index in [4.69, 9.17) is 11.6 Å². The van der Waals surface area contributed by atoms with Crippen molar-refractivity contribution >= 4 is 40.7 Å². The third-order valence-corrected chi connectivity index (χ3v) is 6.74. The molecule has 1 spiro atoms. The Morgan fingerprint density at radius 2 is 1.87 bits per heavy atom. The van der Waals surface area contributed by atoms with E-state index in [0.717, 1.165) is 16.8 Å². The van der Waals surface area contributed by atoms with Gasteiger partial charge in [0.1, 0.15) is 5.54 Å². The first-order valence-electron chi connectivity index (χ1n) is 10.2. The number of hydrogen-bond acceptors (Lipinski definition) is 4. The number of amides is 3. The van der Waals surface area contributed by atoms with Crippen molar-refractivity contribution in [2.24, 2.45) is 11.8 Å². The van der Waals surface area contributed by atoms with Crippen LogP contribution in [0, 0.1) is 11.8 Å². The average Bonchev–Trinajstić information content (AvgIpc) is 3.26. The second-order valence-corrected chi connectivity index (χ2v) is 9.04. The van der Waals surface area contributed by atoms with Crippen LogP contribution in [0.15, 0.2) is 60.7 Å². The lowest BCUT2D eigenvalue weighted by Gasteiger charge is -2.30. The van der Waals surface area contributed by atoms with Gasteiger partial charge in [-0.25, -0.2) is 4.90 Å². The molecule has 0 aliphatic carbocycles. The van der Waals surface area contributed by atoms with Crippen LogP contribution >= 0.6 is 11.6 Å². The Labute approximate surface area is 185 Å². The van der Waals surface area contributed by atoms with Crippen LogP contribution in [0.25, 0.3) is 0 Å². The molecule has 2 aromatic rings. The summed E-state index contributed by atoms with van der Waals surface area (Å²) < 4.78 is 0. The molecule has 0 unspecified atom stereocenters. The molecule has 0 bridgehead atoms. The highest BCUT2D eigenvalue weighted by Gasteiger charge is 2.71. The third kappa shape index (κ3) is 2.58. The van der Waals surface area contributed by atoms with Crippen molar-refractivity contribution in [3.05, 3.63) is 71.3 Å². The minimum Gasteiger partial charge on any atom is -0.306 e. The maximum absolute atomic E-state index is 13.9. The zero-order chi connectivity index (χ0) is 22.1. The summed E-state index contributed by atoms with van der Waals surface area (Å²) in [6.45, 7) is 8.02. The fourth-order valence-electron chi connectivity index (χ4n) is 5.41. The molecule has 6 nitrogen and oxygen atoms in total.